The first-order valence-electron chi connectivity index (χ1n) is 28.1. The standard InChI is InChI=1S/C21H30F3N3O3S.C17H20ClF3N2O3S.C15H19F3N2O2S.C2H2Cl2O.ClH/c1-15(2)12-25-13-20(28)26-10-4-6-18(14-26)27(17-8-9-17)31(29,30)19-7-3-5-16(11-19)21(22,23)24;18-10-16(24)22-8-2-4-14(11-22)23(13-6-7-13)27(25,26)15-5-1-3-12(9-15)17(19,20)21;16-15(17,18)11-3-1-5-14(9-11)23(21,22)20(12-6-7-12)13-4-2-8-19-10-13;3-1-2(4)5;/h3,5,7,11,15,17-18,25H,4,6,8-10,12-14H2,1-2H3;1,3,5,9,13-14H,2,4,6-8,10-11H2;1,3,5,9,12-13,19H,2,4,6-8,10H2;1H2;1H. The number of amides is 2. The third-order valence-corrected chi connectivity index (χ3v) is 21.6. The number of rotatable bonds is 18. The minimum absolute atomic E-state index is 0. The summed E-state index contributed by atoms with van der Waals surface area (Å²) in [6.45, 7) is 7.91. The highest BCUT2D eigenvalue weighted by Gasteiger charge is 2.48. The Kier molecular flexibility index (Phi) is 27.0. The average Bonchev–Trinajstić information content (AvgIpc) is 2.09. The fourth-order valence-electron chi connectivity index (χ4n) is 10.4. The summed E-state index contributed by atoms with van der Waals surface area (Å²) in [5, 5.41) is 5.77. The highest BCUT2D eigenvalue weighted by atomic mass is 35.5. The molecule has 16 nitrogen and oxygen atoms in total. The van der Waals surface area contributed by atoms with E-state index >= 15 is 0 Å². The van der Waals surface area contributed by atoms with Crippen LogP contribution in [0.2, 0.25) is 0 Å². The number of hydrogen-bond acceptors (Lipinski definition) is 11. The van der Waals surface area contributed by atoms with Gasteiger partial charge in [-0.05, 0) is 162 Å². The maximum Gasteiger partial charge on any atom is 0.416 e. The monoisotopic (exact) mass is 1380 g/mol. The Bertz CT molecular complexity index is 3140. The molecule has 3 aliphatic carbocycles. The van der Waals surface area contributed by atoms with Gasteiger partial charge in [0.2, 0.25) is 47.1 Å². The number of sulfonamides is 3. The largest absolute Gasteiger partial charge is 0.416 e. The minimum Gasteiger partial charge on any atom is -0.340 e. The third-order valence-electron chi connectivity index (χ3n) is 14.8. The number of carbonyl (C=O) groups is 3. The topological polar surface area (TPSA) is 194 Å². The van der Waals surface area contributed by atoms with E-state index < -0.39 is 82.6 Å². The molecule has 87 heavy (non-hydrogen) atoms. The normalized spacial score (nSPS) is 20.6. The summed E-state index contributed by atoms with van der Waals surface area (Å²) in [6, 6.07) is 10.1. The first-order chi connectivity index (χ1) is 40.2. The zero-order valence-corrected chi connectivity index (χ0v) is 53.1. The predicted octanol–water partition coefficient (Wildman–Crippen LogP) is 10.2. The minimum atomic E-state index is -4.62. The average molecular weight is 1380 g/mol. The van der Waals surface area contributed by atoms with Crippen molar-refractivity contribution < 1.29 is 79.2 Å². The molecule has 3 unspecified atom stereocenters. The van der Waals surface area contributed by atoms with Crippen LogP contribution in [0.25, 0.3) is 0 Å². The van der Waals surface area contributed by atoms with Gasteiger partial charge in [-0.1, -0.05) is 32.0 Å². The van der Waals surface area contributed by atoms with Crippen molar-refractivity contribution in [1.82, 2.24) is 33.3 Å². The number of halogens is 13. The van der Waals surface area contributed by atoms with Gasteiger partial charge in [-0.15, -0.1) is 35.6 Å². The maximum absolute atomic E-state index is 13.4. The van der Waals surface area contributed by atoms with E-state index in [1.54, 1.807) is 4.90 Å². The molecule has 3 atom stereocenters. The van der Waals surface area contributed by atoms with Crippen molar-refractivity contribution in [3.63, 3.8) is 0 Å². The Labute approximate surface area is 523 Å². The number of nitrogens with zero attached hydrogens (tertiary/aromatic N) is 5. The first-order valence-corrected chi connectivity index (χ1v) is 33.9. The molecule has 9 rings (SSSR count). The molecule has 6 fully saturated rings. The lowest BCUT2D eigenvalue weighted by atomic mass is 10.1. The zero-order chi connectivity index (χ0) is 63.6. The van der Waals surface area contributed by atoms with Crippen molar-refractivity contribution in [1.29, 1.82) is 0 Å². The Balaban J connectivity index is 0.000000229. The van der Waals surface area contributed by atoms with Gasteiger partial charge in [0.05, 0.1) is 43.8 Å². The molecule has 32 heteroatoms. The van der Waals surface area contributed by atoms with Gasteiger partial charge in [-0.3, -0.25) is 14.4 Å². The van der Waals surface area contributed by atoms with Crippen molar-refractivity contribution in [3.05, 3.63) is 89.5 Å². The lowest BCUT2D eigenvalue weighted by Gasteiger charge is -2.39. The van der Waals surface area contributed by atoms with Crippen molar-refractivity contribution in [2.45, 2.75) is 160 Å². The van der Waals surface area contributed by atoms with Gasteiger partial charge in [0.15, 0.2) is 0 Å². The van der Waals surface area contributed by atoms with Gasteiger partial charge in [0.25, 0.3) is 0 Å². The molecule has 2 amide bonds. The molecular formula is C55H72Cl4F9N7O9S3. The Morgan fingerprint density at radius 2 is 0.897 bits per heavy atom. The lowest BCUT2D eigenvalue weighted by molar-refractivity contribution is -0.138. The third kappa shape index (κ3) is 21.0. The molecule has 3 aromatic rings. The molecule has 0 aromatic heterocycles. The van der Waals surface area contributed by atoms with E-state index in [1.807, 2.05) is 13.8 Å². The van der Waals surface area contributed by atoms with Crippen LogP contribution < -0.4 is 10.6 Å². The molecule has 3 saturated heterocycles. The van der Waals surface area contributed by atoms with E-state index in [-0.39, 0.29) is 94.5 Å². The Hall–Kier alpha value is -3.55. The molecule has 2 N–H and O–H groups in total. The van der Waals surface area contributed by atoms with Crippen molar-refractivity contribution >= 4 is 94.3 Å². The molecule has 490 valence electrons. The van der Waals surface area contributed by atoms with Gasteiger partial charge < -0.3 is 20.4 Å². The van der Waals surface area contributed by atoms with Crippen LogP contribution in [0.3, 0.4) is 0 Å². The van der Waals surface area contributed by atoms with Crippen molar-refractivity contribution in [3.8, 4) is 0 Å². The molecule has 3 aliphatic heterocycles. The van der Waals surface area contributed by atoms with E-state index in [4.69, 9.17) is 34.8 Å². The number of benzene rings is 3. The Morgan fingerprint density at radius 3 is 1.20 bits per heavy atom. The summed E-state index contributed by atoms with van der Waals surface area (Å²) in [5.41, 5.74) is -2.92. The van der Waals surface area contributed by atoms with E-state index in [1.165, 1.54) is 36.0 Å². The smallest absolute Gasteiger partial charge is 0.340 e. The molecule has 0 bridgehead atoms. The van der Waals surface area contributed by atoms with Crippen LogP contribution in [0, 0.1) is 5.92 Å². The summed E-state index contributed by atoms with van der Waals surface area (Å²) < 4.78 is 200. The second-order valence-electron chi connectivity index (χ2n) is 22.2. The Morgan fingerprint density at radius 1 is 0.552 bits per heavy atom. The van der Waals surface area contributed by atoms with Crippen LogP contribution in [0.4, 0.5) is 39.5 Å². The fourth-order valence-corrected chi connectivity index (χ4v) is 16.4. The molecule has 3 aromatic carbocycles. The lowest BCUT2D eigenvalue weighted by Crippen LogP contribution is -2.53. The van der Waals surface area contributed by atoms with Crippen molar-refractivity contribution in [2.75, 3.05) is 64.1 Å². The van der Waals surface area contributed by atoms with Gasteiger partial charge >= 0.3 is 18.5 Å². The van der Waals surface area contributed by atoms with Crippen molar-refractivity contribution in [2.24, 2.45) is 5.92 Å². The number of likely N-dealkylation sites (tertiary alicyclic amines) is 2. The summed E-state index contributed by atoms with van der Waals surface area (Å²) in [4.78, 5) is 36.1. The zero-order valence-electron chi connectivity index (χ0n) is 47.6. The van der Waals surface area contributed by atoms with E-state index in [9.17, 15) is 79.2 Å². The SMILES string of the molecule is CC(C)CNCC(=O)N1CCCC(N(C2CC2)S(=O)(=O)c2cccc(C(F)(F)F)c2)C1.Cl.O=C(CCl)N1CCCC(N(C2CC2)S(=O)(=O)c2cccc(C(F)(F)F)c2)C1.O=C(Cl)CCl.O=S(=O)(c1cccc(C(F)(F)F)c1)N(C1CC1)C1CCCNC1. The van der Waals surface area contributed by atoms with Gasteiger partial charge in [0, 0.05) is 69.0 Å². The second-order valence-corrected chi connectivity index (χ2v) is 28.7. The number of hydrogen-bond donors (Lipinski definition) is 2. The van der Waals surface area contributed by atoms with Gasteiger partial charge in [-0.25, -0.2) is 25.3 Å². The van der Waals surface area contributed by atoms with Gasteiger partial charge in [-0.2, -0.15) is 52.4 Å². The van der Waals surface area contributed by atoms with E-state index in [0.29, 0.717) is 95.6 Å². The quantitative estimate of drug-likeness (QED) is 0.0699. The van der Waals surface area contributed by atoms with Crippen LogP contribution >= 0.6 is 47.2 Å². The second kappa shape index (κ2) is 31.7. The first kappa shape index (κ1) is 74.2. The molecule has 0 radical (unpaired) electrons. The van der Waals surface area contributed by atoms with Crippen LogP contribution in [0.15, 0.2) is 87.5 Å². The molecular weight excluding hydrogens is 1310 g/mol. The number of piperidine rings is 3. The number of alkyl halides is 11. The maximum atomic E-state index is 13.4. The van der Waals surface area contributed by atoms with Gasteiger partial charge in [0.1, 0.15) is 5.88 Å². The summed E-state index contributed by atoms with van der Waals surface area (Å²) in [7, 11) is -12.2. The predicted molar refractivity (Wildman–Crippen MR) is 313 cm³/mol. The molecule has 6 aliphatic rings. The van der Waals surface area contributed by atoms with Crippen LogP contribution in [-0.4, -0.2) is 165 Å². The molecule has 0 spiro atoms. The summed E-state index contributed by atoms with van der Waals surface area (Å²) in [5.74, 6) is -0.228. The highest BCUT2D eigenvalue weighted by molar-refractivity contribution is 7.89. The molecule has 3 heterocycles. The molecule has 3 saturated carbocycles. The van der Waals surface area contributed by atoms with E-state index in [2.05, 4.69) is 10.6 Å². The van der Waals surface area contributed by atoms with Crippen LogP contribution in [0.1, 0.15) is 108 Å². The van der Waals surface area contributed by atoms with Crippen LogP contribution in [0.5, 0.6) is 0 Å². The fraction of sp³-hybridized carbons (Fsp3) is 0.618. The van der Waals surface area contributed by atoms with E-state index in [0.717, 1.165) is 74.7 Å². The highest BCUT2D eigenvalue weighted by Crippen LogP contribution is 2.41. The number of carbonyl (C=O) groups excluding carboxylic acids is 3. The summed E-state index contributed by atoms with van der Waals surface area (Å²) >= 11 is 15.2. The number of nitrogens with one attached hydrogen (secondary N) is 2. The summed E-state index contributed by atoms with van der Waals surface area (Å²) in [6.07, 6.45) is -5.54. The van der Waals surface area contributed by atoms with Crippen LogP contribution in [-0.2, 0) is 63.0 Å².